The summed E-state index contributed by atoms with van der Waals surface area (Å²) in [7, 11) is 0. The summed E-state index contributed by atoms with van der Waals surface area (Å²) >= 11 is 0. The van der Waals surface area contributed by atoms with Crippen molar-refractivity contribution in [1.82, 2.24) is 5.32 Å². The molecular formula is C12H25NO. The summed E-state index contributed by atoms with van der Waals surface area (Å²) in [6.07, 6.45) is 7.96. The maximum Gasteiger partial charge on any atom is 0.0636 e. The number of hydrogen-bond donors (Lipinski definition) is 2. The Hall–Kier alpha value is -0.0800. The van der Waals surface area contributed by atoms with Crippen molar-refractivity contribution in [3.05, 3.63) is 0 Å². The zero-order chi connectivity index (χ0) is 10.4. The van der Waals surface area contributed by atoms with E-state index in [-0.39, 0.29) is 6.10 Å². The first-order valence-corrected chi connectivity index (χ1v) is 6.15. The van der Waals surface area contributed by atoms with Gasteiger partial charge < -0.3 is 10.4 Å². The van der Waals surface area contributed by atoms with Crippen LogP contribution in [0.15, 0.2) is 0 Å². The standard InChI is InChI=1S/C12H25NO/c1-3-12(13-9-10(2)14)11-7-5-4-6-8-11/h10-14H,3-9H2,1-2H3. The molecule has 0 aromatic rings. The highest BCUT2D eigenvalue weighted by Gasteiger charge is 2.21. The fraction of sp³-hybridized carbons (Fsp3) is 1.00. The van der Waals surface area contributed by atoms with E-state index in [0.29, 0.717) is 6.04 Å². The molecule has 84 valence electrons. The van der Waals surface area contributed by atoms with Crippen molar-refractivity contribution in [2.45, 2.75) is 64.5 Å². The molecule has 0 bridgehead atoms. The zero-order valence-electron chi connectivity index (χ0n) is 9.63. The Kier molecular flexibility index (Phi) is 5.49. The Morgan fingerprint density at radius 3 is 2.43 bits per heavy atom. The number of hydrogen-bond acceptors (Lipinski definition) is 2. The van der Waals surface area contributed by atoms with Crippen molar-refractivity contribution in [2.75, 3.05) is 6.54 Å². The van der Waals surface area contributed by atoms with E-state index in [1.54, 1.807) is 0 Å². The Morgan fingerprint density at radius 2 is 1.93 bits per heavy atom. The van der Waals surface area contributed by atoms with Crippen LogP contribution in [0, 0.1) is 5.92 Å². The van der Waals surface area contributed by atoms with Crippen LogP contribution in [0.5, 0.6) is 0 Å². The third kappa shape index (κ3) is 3.97. The van der Waals surface area contributed by atoms with Gasteiger partial charge in [0.15, 0.2) is 0 Å². The van der Waals surface area contributed by atoms with Crippen LogP contribution in [-0.4, -0.2) is 23.8 Å². The highest BCUT2D eigenvalue weighted by atomic mass is 16.3. The van der Waals surface area contributed by atoms with Gasteiger partial charge in [0.1, 0.15) is 0 Å². The first kappa shape index (κ1) is 12.0. The summed E-state index contributed by atoms with van der Waals surface area (Å²) in [5, 5.41) is 12.7. The van der Waals surface area contributed by atoms with Crippen LogP contribution in [0.25, 0.3) is 0 Å². The lowest BCUT2D eigenvalue weighted by Crippen LogP contribution is -2.40. The van der Waals surface area contributed by atoms with Crippen LogP contribution < -0.4 is 5.32 Å². The summed E-state index contributed by atoms with van der Waals surface area (Å²) < 4.78 is 0. The first-order valence-electron chi connectivity index (χ1n) is 6.15. The predicted molar refractivity (Wildman–Crippen MR) is 60.3 cm³/mol. The first-order chi connectivity index (χ1) is 6.74. The maximum atomic E-state index is 9.23. The molecule has 1 aliphatic carbocycles. The number of rotatable bonds is 5. The minimum atomic E-state index is -0.215. The molecule has 0 spiro atoms. The van der Waals surface area contributed by atoms with Gasteiger partial charge in [-0.15, -0.1) is 0 Å². The van der Waals surface area contributed by atoms with Crippen LogP contribution >= 0.6 is 0 Å². The second kappa shape index (κ2) is 6.41. The molecule has 1 fully saturated rings. The normalized spacial score (nSPS) is 23.4. The summed E-state index contributed by atoms with van der Waals surface area (Å²) in [4.78, 5) is 0. The molecule has 0 amide bonds. The van der Waals surface area contributed by atoms with E-state index in [0.717, 1.165) is 12.5 Å². The molecular weight excluding hydrogens is 174 g/mol. The molecule has 0 heterocycles. The molecule has 2 unspecified atom stereocenters. The van der Waals surface area contributed by atoms with Crippen molar-refractivity contribution >= 4 is 0 Å². The zero-order valence-corrected chi connectivity index (χ0v) is 9.63. The molecule has 2 heteroatoms. The largest absolute Gasteiger partial charge is 0.392 e. The van der Waals surface area contributed by atoms with E-state index >= 15 is 0 Å². The second-order valence-corrected chi connectivity index (χ2v) is 4.67. The number of nitrogens with one attached hydrogen (secondary N) is 1. The smallest absolute Gasteiger partial charge is 0.0636 e. The molecule has 1 aliphatic rings. The van der Waals surface area contributed by atoms with Crippen LogP contribution in [-0.2, 0) is 0 Å². The van der Waals surface area contributed by atoms with Gasteiger partial charge in [-0.25, -0.2) is 0 Å². The van der Waals surface area contributed by atoms with Gasteiger partial charge in [0.05, 0.1) is 6.10 Å². The van der Waals surface area contributed by atoms with Crippen LogP contribution in [0.2, 0.25) is 0 Å². The van der Waals surface area contributed by atoms with Crippen molar-refractivity contribution < 1.29 is 5.11 Å². The van der Waals surface area contributed by atoms with Crippen molar-refractivity contribution in [2.24, 2.45) is 5.92 Å². The lowest BCUT2D eigenvalue weighted by molar-refractivity contribution is 0.171. The van der Waals surface area contributed by atoms with Crippen LogP contribution in [0.4, 0.5) is 0 Å². The van der Waals surface area contributed by atoms with E-state index in [2.05, 4.69) is 12.2 Å². The summed E-state index contributed by atoms with van der Waals surface area (Å²) in [5.74, 6) is 0.854. The Balaban J connectivity index is 2.28. The Bertz CT molecular complexity index is 141. The topological polar surface area (TPSA) is 32.3 Å². The molecule has 0 aromatic heterocycles. The van der Waals surface area contributed by atoms with E-state index in [4.69, 9.17) is 0 Å². The molecule has 1 saturated carbocycles. The molecule has 0 radical (unpaired) electrons. The van der Waals surface area contributed by atoms with Gasteiger partial charge in [0, 0.05) is 12.6 Å². The third-order valence-corrected chi connectivity index (χ3v) is 3.33. The average Bonchev–Trinajstić information content (AvgIpc) is 2.20. The van der Waals surface area contributed by atoms with Gasteiger partial charge >= 0.3 is 0 Å². The van der Waals surface area contributed by atoms with Crippen molar-refractivity contribution in [3.8, 4) is 0 Å². The molecule has 0 aliphatic heterocycles. The maximum absolute atomic E-state index is 9.23. The van der Waals surface area contributed by atoms with E-state index < -0.39 is 0 Å². The van der Waals surface area contributed by atoms with E-state index in [1.165, 1.54) is 38.5 Å². The Morgan fingerprint density at radius 1 is 1.29 bits per heavy atom. The van der Waals surface area contributed by atoms with Gasteiger partial charge in [-0.2, -0.15) is 0 Å². The predicted octanol–water partition coefficient (Wildman–Crippen LogP) is 2.32. The highest BCUT2D eigenvalue weighted by Crippen LogP contribution is 2.27. The molecule has 2 N–H and O–H groups in total. The third-order valence-electron chi connectivity index (χ3n) is 3.33. The molecule has 2 atom stereocenters. The van der Waals surface area contributed by atoms with Crippen LogP contribution in [0.3, 0.4) is 0 Å². The van der Waals surface area contributed by atoms with Gasteiger partial charge in [0.25, 0.3) is 0 Å². The van der Waals surface area contributed by atoms with Crippen LogP contribution in [0.1, 0.15) is 52.4 Å². The minimum Gasteiger partial charge on any atom is -0.392 e. The number of aliphatic hydroxyl groups is 1. The Labute approximate surface area is 88.1 Å². The van der Waals surface area contributed by atoms with Gasteiger partial charge in [-0.1, -0.05) is 26.2 Å². The van der Waals surface area contributed by atoms with Gasteiger partial charge in [-0.3, -0.25) is 0 Å². The molecule has 1 rings (SSSR count). The molecule has 0 saturated heterocycles. The lowest BCUT2D eigenvalue weighted by Gasteiger charge is -2.30. The number of aliphatic hydroxyl groups excluding tert-OH is 1. The van der Waals surface area contributed by atoms with Crippen molar-refractivity contribution in [1.29, 1.82) is 0 Å². The molecule has 14 heavy (non-hydrogen) atoms. The fourth-order valence-electron chi connectivity index (χ4n) is 2.50. The lowest BCUT2D eigenvalue weighted by atomic mass is 9.83. The molecule has 0 aromatic carbocycles. The van der Waals surface area contributed by atoms with Gasteiger partial charge in [0.2, 0.25) is 0 Å². The fourth-order valence-corrected chi connectivity index (χ4v) is 2.50. The van der Waals surface area contributed by atoms with E-state index in [1.807, 2.05) is 6.92 Å². The second-order valence-electron chi connectivity index (χ2n) is 4.67. The summed E-state index contributed by atoms with van der Waals surface area (Å²) in [6, 6.07) is 0.630. The average molecular weight is 199 g/mol. The summed E-state index contributed by atoms with van der Waals surface area (Å²) in [6.45, 7) is 4.84. The van der Waals surface area contributed by atoms with Crippen molar-refractivity contribution in [3.63, 3.8) is 0 Å². The minimum absolute atomic E-state index is 0.215. The summed E-state index contributed by atoms with van der Waals surface area (Å²) in [5.41, 5.74) is 0. The van der Waals surface area contributed by atoms with E-state index in [9.17, 15) is 5.11 Å². The highest BCUT2D eigenvalue weighted by molar-refractivity contribution is 4.78. The van der Waals surface area contributed by atoms with Gasteiger partial charge in [-0.05, 0) is 32.1 Å². The monoisotopic (exact) mass is 199 g/mol. The molecule has 2 nitrogen and oxygen atoms in total. The quantitative estimate of drug-likeness (QED) is 0.712. The SMILES string of the molecule is CCC(NCC(C)O)C1CCCCC1.